The van der Waals surface area contributed by atoms with Gasteiger partial charge in [0.1, 0.15) is 16.5 Å². The summed E-state index contributed by atoms with van der Waals surface area (Å²) in [6, 6.07) is 5.77. The smallest absolute Gasteiger partial charge is 0.256 e. The molecule has 0 radical (unpaired) electrons. The molecule has 150 valence electrons. The van der Waals surface area contributed by atoms with Crippen LogP contribution in [0.2, 0.25) is 0 Å². The van der Waals surface area contributed by atoms with Crippen LogP contribution in [0.25, 0.3) is 0 Å². The molecule has 1 amide bonds. The zero-order valence-corrected chi connectivity index (χ0v) is 17.5. The Morgan fingerprint density at radius 1 is 1.11 bits per heavy atom. The molecule has 0 heterocycles. The molecule has 2 aromatic carbocycles. The molecule has 0 unspecified atom stereocenters. The van der Waals surface area contributed by atoms with E-state index in [0.717, 1.165) is 25.0 Å². The molecule has 2 aromatic rings. The number of hydrogen-bond acceptors (Lipinski definition) is 3. The first kappa shape index (κ1) is 20.9. The van der Waals surface area contributed by atoms with E-state index in [1.54, 1.807) is 6.92 Å². The molecule has 1 saturated carbocycles. The SMILES string of the molecule is Cc1cc(NC(=O)c2cc(S(=O)(=O)NC3CCCC3)c(F)cc2Br)ccc1F. The molecule has 1 fully saturated rings. The van der Waals surface area contributed by atoms with Crippen molar-refractivity contribution in [3.05, 3.63) is 57.6 Å². The third-order valence-electron chi connectivity index (χ3n) is 4.65. The third kappa shape index (κ3) is 4.59. The molecular weight excluding hydrogens is 454 g/mol. The van der Waals surface area contributed by atoms with Gasteiger partial charge in [0, 0.05) is 16.2 Å². The van der Waals surface area contributed by atoms with Crippen molar-refractivity contribution < 1.29 is 22.0 Å². The molecule has 0 aliphatic heterocycles. The highest BCUT2D eigenvalue weighted by molar-refractivity contribution is 9.10. The van der Waals surface area contributed by atoms with Crippen molar-refractivity contribution in [2.45, 2.75) is 43.5 Å². The van der Waals surface area contributed by atoms with E-state index in [2.05, 4.69) is 26.0 Å². The quantitative estimate of drug-likeness (QED) is 0.671. The number of sulfonamides is 1. The van der Waals surface area contributed by atoms with Gasteiger partial charge < -0.3 is 5.32 Å². The Kier molecular flexibility index (Phi) is 6.16. The maximum atomic E-state index is 14.4. The number of hydrogen-bond donors (Lipinski definition) is 2. The van der Waals surface area contributed by atoms with Crippen LogP contribution in [0.4, 0.5) is 14.5 Å². The van der Waals surface area contributed by atoms with E-state index in [9.17, 15) is 22.0 Å². The van der Waals surface area contributed by atoms with Crippen LogP contribution in [0.5, 0.6) is 0 Å². The maximum Gasteiger partial charge on any atom is 0.256 e. The molecule has 3 rings (SSSR count). The first-order valence-corrected chi connectivity index (χ1v) is 11.0. The lowest BCUT2D eigenvalue weighted by molar-refractivity contribution is 0.102. The highest BCUT2D eigenvalue weighted by Crippen LogP contribution is 2.27. The summed E-state index contributed by atoms with van der Waals surface area (Å²) in [7, 11) is -4.11. The normalized spacial score (nSPS) is 15.0. The van der Waals surface area contributed by atoms with Gasteiger partial charge in [-0.1, -0.05) is 12.8 Å². The number of halogens is 3. The summed E-state index contributed by atoms with van der Waals surface area (Å²) in [6.45, 7) is 1.55. The number of carbonyl (C=O) groups excluding carboxylic acids is 1. The van der Waals surface area contributed by atoms with Gasteiger partial charge in [-0.3, -0.25) is 4.79 Å². The topological polar surface area (TPSA) is 75.3 Å². The number of benzene rings is 2. The van der Waals surface area contributed by atoms with E-state index in [4.69, 9.17) is 0 Å². The molecule has 0 saturated heterocycles. The van der Waals surface area contributed by atoms with Crippen molar-refractivity contribution in [3.63, 3.8) is 0 Å². The van der Waals surface area contributed by atoms with Gasteiger partial charge in [0.25, 0.3) is 5.91 Å². The van der Waals surface area contributed by atoms with Crippen LogP contribution in [0.15, 0.2) is 39.7 Å². The summed E-state index contributed by atoms with van der Waals surface area (Å²) < 4.78 is 55.6. The summed E-state index contributed by atoms with van der Waals surface area (Å²) in [5.74, 6) is -2.01. The second-order valence-electron chi connectivity index (χ2n) is 6.78. The van der Waals surface area contributed by atoms with Gasteiger partial charge in [0.05, 0.1) is 5.56 Å². The first-order chi connectivity index (χ1) is 13.2. The number of anilines is 1. The molecule has 0 bridgehead atoms. The first-order valence-electron chi connectivity index (χ1n) is 8.76. The summed E-state index contributed by atoms with van der Waals surface area (Å²) in [5, 5.41) is 2.57. The van der Waals surface area contributed by atoms with Gasteiger partial charge in [-0.15, -0.1) is 0 Å². The fourth-order valence-electron chi connectivity index (χ4n) is 3.16. The van der Waals surface area contributed by atoms with Crippen molar-refractivity contribution in [2.75, 3.05) is 5.32 Å². The lowest BCUT2D eigenvalue weighted by atomic mass is 10.1. The Morgan fingerprint density at radius 2 is 1.79 bits per heavy atom. The number of nitrogens with one attached hydrogen (secondary N) is 2. The summed E-state index contributed by atoms with van der Waals surface area (Å²) in [5.41, 5.74) is 0.642. The predicted molar refractivity (Wildman–Crippen MR) is 106 cm³/mol. The van der Waals surface area contributed by atoms with Crippen molar-refractivity contribution in [1.29, 1.82) is 0 Å². The zero-order chi connectivity index (χ0) is 20.5. The molecule has 2 N–H and O–H groups in total. The zero-order valence-electron chi connectivity index (χ0n) is 15.1. The second-order valence-corrected chi connectivity index (χ2v) is 9.32. The van der Waals surface area contributed by atoms with Gasteiger partial charge in [-0.2, -0.15) is 0 Å². The lowest BCUT2D eigenvalue weighted by Crippen LogP contribution is -2.33. The fourth-order valence-corrected chi connectivity index (χ4v) is 5.04. The van der Waals surface area contributed by atoms with Crippen molar-refractivity contribution in [2.24, 2.45) is 0 Å². The van der Waals surface area contributed by atoms with E-state index < -0.39 is 32.5 Å². The molecule has 9 heteroatoms. The van der Waals surface area contributed by atoms with E-state index in [-0.39, 0.29) is 16.1 Å². The van der Waals surface area contributed by atoms with Crippen LogP contribution < -0.4 is 10.0 Å². The molecule has 28 heavy (non-hydrogen) atoms. The van der Waals surface area contributed by atoms with Gasteiger partial charge in [0.2, 0.25) is 10.0 Å². The largest absolute Gasteiger partial charge is 0.322 e. The average molecular weight is 473 g/mol. The van der Waals surface area contributed by atoms with Gasteiger partial charge in [-0.25, -0.2) is 21.9 Å². The molecule has 0 spiro atoms. The summed E-state index contributed by atoms with van der Waals surface area (Å²) in [4.78, 5) is 12.0. The Labute approximate surface area is 170 Å². The number of aryl methyl sites for hydroxylation is 1. The average Bonchev–Trinajstić information content (AvgIpc) is 3.10. The van der Waals surface area contributed by atoms with Crippen LogP contribution in [0, 0.1) is 18.6 Å². The third-order valence-corrected chi connectivity index (χ3v) is 6.84. The fraction of sp³-hybridized carbons (Fsp3) is 0.316. The van der Waals surface area contributed by atoms with Crippen molar-refractivity contribution >= 4 is 37.5 Å². The number of rotatable bonds is 5. The van der Waals surface area contributed by atoms with E-state index in [1.807, 2.05) is 0 Å². The van der Waals surface area contributed by atoms with Crippen LogP contribution in [0.1, 0.15) is 41.6 Å². The van der Waals surface area contributed by atoms with Crippen LogP contribution in [0.3, 0.4) is 0 Å². The monoisotopic (exact) mass is 472 g/mol. The number of carbonyl (C=O) groups is 1. The molecule has 5 nitrogen and oxygen atoms in total. The predicted octanol–water partition coefficient (Wildman–Crippen LogP) is 4.51. The van der Waals surface area contributed by atoms with Crippen LogP contribution in [-0.4, -0.2) is 20.4 Å². The maximum absolute atomic E-state index is 14.4. The van der Waals surface area contributed by atoms with Gasteiger partial charge in [0.15, 0.2) is 0 Å². The molecule has 0 atom stereocenters. The van der Waals surface area contributed by atoms with E-state index in [1.165, 1.54) is 18.2 Å². The van der Waals surface area contributed by atoms with Crippen LogP contribution in [-0.2, 0) is 10.0 Å². The molecular formula is C19H19BrF2N2O3S. The lowest BCUT2D eigenvalue weighted by Gasteiger charge is -2.15. The highest BCUT2D eigenvalue weighted by Gasteiger charge is 2.27. The minimum atomic E-state index is -4.11. The molecule has 0 aromatic heterocycles. The van der Waals surface area contributed by atoms with Crippen molar-refractivity contribution in [3.8, 4) is 0 Å². The summed E-state index contributed by atoms with van der Waals surface area (Å²) in [6.07, 6.45) is 3.24. The van der Waals surface area contributed by atoms with Crippen molar-refractivity contribution in [1.82, 2.24) is 4.72 Å². The molecule has 1 aliphatic rings. The summed E-state index contributed by atoms with van der Waals surface area (Å²) >= 11 is 3.10. The number of amides is 1. The molecule has 1 aliphatic carbocycles. The van der Waals surface area contributed by atoms with Crippen LogP contribution >= 0.6 is 15.9 Å². The standard InChI is InChI=1S/C19H19BrF2N2O3S/c1-11-8-13(6-7-16(11)21)23-19(25)14-9-18(17(22)10-15(14)20)28(26,27)24-12-4-2-3-5-12/h6-10,12,24H,2-5H2,1H3,(H,23,25). The Morgan fingerprint density at radius 3 is 2.43 bits per heavy atom. The minimum absolute atomic E-state index is 0.0461. The van der Waals surface area contributed by atoms with Gasteiger partial charge >= 0.3 is 0 Å². The second kappa shape index (κ2) is 8.26. The highest BCUT2D eigenvalue weighted by atomic mass is 79.9. The minimum Gasteiger partial charge on any atom is -0.322 e. The Balaban J connectivity index is 1.89. The Bertz CT molecular complexity index is 1020. The van der Waals surface area contributed by atoms with E-state index in [0.29, 0.717) is 24.1 Å². The van der Waals surface area contributed by atoms with E-state index >= 15 is 0 Å². The van der Waals surface area contributed by atoms with Gasteiger partial charge in [-0.05, 0) is 71.6 Å². The Hall–Kier alpha value is -1.84.